The lowest BCUT2D eigenvalue weighted by atomic mass is 9.67. The highest BCUT2D eigenvalue weighted by Gasteiger charge is 2.49. The van der Waals surface area contributed by atoms with Crippen LogP contribution in [-0.4, -0.2) is 46.2 Å². The van der Waals surface area contributed by atoms with Crippen molar-refractivity contribution in [2.45, 2.75) is 51.6 Å². The quantitative estimate of drug-likeness (QED) is 0.121. The second-order valence-corrected chi connectivity index (χ2v) is 17.8. The molecule has 8 aromatic carbocycles. The molecule has 64 heavy (non-hydrogen) atoms. The van der Waals surface area contributed by atoms with Crippen LogP contribution in [0.1, 0.15) is 80.6 Å². The third-order valence-electron chi connectivity index (χ3n) is 14.2. The lowest BCUT2D eigenvalue weighted by molar-refractivity contribution is 0.202. The summed E-state index contributed by atoms with van der Waals surface area (Å²) in [7, 11) is 0. The third-order valence-corrected chi connectivity index (χ3v) is 14.2. The minimum Gasteiger partial charge on any atom is -0.507 e. The fourth-order valence-electron chi connectivity index (χ4n) is 11.3. The van der Waals surface area contributed by atoms with Crippen molar-refractivity contribution in [1.29, 1.82) is 0 Å². The Morgan fingerprint density at radius 1 is 0.375 bits per heavy atom. The van der Waals surface area contributed by atoms with E-state index in [0.29, 0.717) is 24.6 Å². The molecule has 2 N–H and O–H groups in total. The Hall–Kier alpha value is -6.72. The molecule has 0 atom stereocenters. The second kappa shape index (κ2) is 16.8. The molecule has 0 aliphatic heterocycles. The van der Waals surface area contributed by atoms with Gasteiger partial charge in [-0.1, -0.05) is 207 Å². The molecule has 4 nitrogen and oxygen atoms in total. The molecule has 0 amide bonds. The van der Waals surface area contributed by atoms with Gasteiger partial charge in [-0.05, 0) is 82.6 Å². The highest BCUT2D eigenvalue weighted by molar-refractivity contribution is 5.88. The number of hydrogen-bond donors (Lipinski definition) is 2. The molecule has 0 saturated heterocycles. The molecular formula is C60H56N2O2. The molecule has 318 valence electrons. The van der Waals surface area contributed by atoms with Crippen molar-refractivity contribution in [2.75, 3.05) is 26.2 Å². The second-order valence-electron chi connectivity index (χ2n) is 17.8. The van der Waals surface area contributed by atoms with Gasteiger partial charge in [0.25, 0.3) is 0 Å². The lowest BCUT2D eigenvalue weighted by Gasteiger charge is -2.36. The number of fused-ring (bicyclic) bond motifs is 6. The van der Waals surface area contributed by atoms with Gasteiger partial charge in [0.1, 0.15) is 11.5 Å². The van der Waals surface area contributed by atoms with Gasteiger partial charge < -0.3 is 10.2 Å². The zero-order valence-electron chi connectivity index (χ0n) is 37.4. The number of likely N-dealkylation sites (N-methyl/N-ethyl adjacent to an activating group) is 2. The van der Waals surface area contributed by atoms with Crippen LogP contribution in [0.3, 0.4) is 0 Å². The molecule has 10 rings (SSSR count). The smallest absolute Gasteiger partial charge is 0.124 e. The molecule has 0 fully saturated rings. The van der Waals surface area contributed by atoms with Crippen molar-refractivity contribution in [3.63, 3.8) is 0 Å². The predicted octanol–water partition coefficient (Wildman–Crippen LogP) is 12.8. The number of rotatable bonds is 13. The third kappa shape index (κ3) is 6.50. The van der Waals surface area contributed by atoms with Crippen LogP contribution in [0, 0.1) is 13.8 Å². The summed E-state index contributed by atoms with van der Waals surface area (Å²) >= 11 is 0. The first-order valence-corrected chi connectivity index (χ1v) is 22.9. The van der Waals surface area contributed by atoms with E-state index in [4.69, 9.17) is 0 Å². The summed E-state index contributed by atoms with van der Waals surface area (Å²) in [5.74, 6) is 0.706. The molecule has 2 aliphatic rings. The molecule has 0 radical (unpaired) electrons. The normalized spacial score (nSPS) is 14.0. The van der Waals surface area contributed by atoms with Crippen molar-refractivity contribution in [2.24, 2.45) is 0 Å². The minimum atomic E-state index is -0.675. The van der Waals surface area contributed by atoms with Crippen LogP contribution < -0.4 is 0 Å². The van der Waals surface area contributed by atoms with Gasteiger partial charge >= 0.3 is 0 Å². The first-order chi connectivity index (χ1) is 31.3. The maximum atomic E-state index is 12.6. The number of aromatic hydroxyl groups is 2. The van der Waals surface area contributed by atoms with Gasteiger partial charge in [0, 0.05) is 48.4 Å². The molecule has 0 aromatic heterocycles. The van der Waals surface area contributed by atoms with Crippen LogP contribution >= 0.6 is 0 Å². The van der Waals surface area contributed by atoms with Gasteiger partial charge in [-0.2, -0.15) is 0 Å². The SMILES string of the molecule is CCN(CCN(CC)Cc1cc(C)cc(C2(c3ccccc3)c3ccccc3-c3ccccc32)c1O)Cc1cc(C)cc(C2(c3ccccc3)c3ccccc3-c3ccccc32)c1O. The van der Waals surface area contributed by atoms with Crippen LogP contribution in [0.4, 0.5) is 0 Å². The van der Waals surface area contributed by atoms with E-state index in [1.165, 1.54) is 44.5 Å². The fraction of sp³-hybridized carbons (Fsp3) is 0.200. The Morgan fingerprint density at radius 3 is 0.984 bits per heavy atom. The van der Waals surface area contributed by atoms with E-state index < -0.39 is 10.8 Å². The number of nitrogens with zero attached hydrogens (tertiary/aromatic N) is 2. The zero-order chi connectivity index (χ0) is 44.0. The summed E-state index contributed by atoms with van der Waals surface area (Å²) < 4.78 is 0. The standard InChI is InChI=1S/C60H56N2O2/c1-5-61(39-43-35-41(3)37-55(57(43)63)59(45-21-9-7-10-22-45)51-29-17-13-25-47(51)48-26-14-18-30-52(48)59)33-34-62(6-2)40-44-36-42(4)38-56(58(44)64)60(46-23-11-8-12-24-46)53-31-19-15-27-49(53)50-28-16-20-32-54(50)60/h7-32,35-38,63-64H,5-6,33-34,39-40H2,1-4H3. The molecule has 0 bridgehead atoms. The summed E-state index contributed by atoms with van der Waals surface area (Å²) in [4.78, 5) is 4.87. The largest absolute Gasteiger partial charge is 0.507 e. The highest BCUT2D eigenvalue weighted by atomic mass is 16.3. The summed E-state index contributed by atoms with van der Waals surface area (Å²) in [5.41, 5.74) is 16.5. The molecule has 0 unspecified atom stereocenters. The first-order valence-electron chi connectivity index (χ1n) is 22.9. The van der Waals surface area contributed by atoms with E-state index in [1.54, 1.807) is 0 Å². The fourth-order valence-corrected chi connectivity index (χ4v) is 11.3. The Balaban J connectivity index is 0.973. The van der Waals surface area contributed by atoms with Crippen molar-refractivity contribution < 1.29 is 10.2 Å². The Morgan fingerprint density at radius 2 is 0.672 bits per heavy atom. The zero-order valence-corrected chi connectivity index (χ0v) is 37.4. The Bertz CT molecular complexity index is 2700. The van der Waals surface area contributed by atoms with Crippen molar-refractivity contribution >= 4 is 0 Å². The van der Waals surface area contributed by atoms with Gasteiger partial charge in [0.15, 0.2) is 0 Å². The monoisotopic (exact) mass is 836 g/mol. The highest BCUT2D eigenvalue weighted by Crippen LogP contribution is 2.60. The Labute approximate surface area is 378 Å². The topological polar surface area (TPSA) is 46.9 Å². The number of benzene rings is 8. The maximum Gasteiger partial charge on any atom is 0.124 e. The predicted molar refractivity (Wildman–Crippen MR) is 262 cm³/mol. The van der Waals surface area contributed by atoms with E-state index in [0.717, 1.165) is 70.7 Å². The van der Waals surface area contributed by atoms with Gasteiger partial charge in [0.05, 0.1) is 10.8 Å². The van der Waals surface area contributed by atoms with Crippen molar-refractivity contribution in [3.8, 4) is 33.8 Å². The first kappa shape index (κ1) is 41.3. The minimum absolute atomic E-state index is 0.353. The van der Waals surface area contributed by atoms with Crippen molar-refractivity contribution in [3.05, 3.63) is 249 Å². The van der Waals surface area contributed by atoms with E-state index in [2.05, 4.69) is 219 Å². The van der Waals surface area contributed by atoms with Crippen molar-refractivity contribution in [1.82, 2.24) is 9.80 Å². The number of aryl methyl sites for hydroxylation is 2. The number of phenols is 2. The lowest BCUT2D eigenvalue weighted by Crippen LogP contribution is -2.35. The summed E-state index contributed by atoms with van der Waals surface area (Å²) in [5, 5.41) is 25.3. The van der Waals surface area contributed by atoms with Gasteiger partial charge in [-0.3, -0.25) is 9.80 Å². The molecular weight excluding hydrogens is 781 g/mol. The molecule has 0 heterocycles. The summed E-state index contributed by atoms with van der Waals surface area (Å²) in [6, 6.07) is 64.9. The maximum absolute atomic E-state index is 12.6. The van der Waals surface area contributed by atoms with Crippen LogP contribution in [-0.2, 0) is 23.9 Å². The average Bonchev–Trinajstić information content (AvgIpc) is 3.81. The summed E-state index contributed by atoms with van der Waals surface area (Å²) in [6.45, 7) is 13.2. The van der Waals surface area contributed by atoms with Crippen LogP contribution in [0.25, 0.3) is 22.3 Å². The molecule has 2 aliphatic carbocycles. The molecule has 8 aromatic rings. The van der Waals surface area contributed by atoms with Crippen LogP contribution in [0.2, 0.25) is 0 Å². The Kier molecular flexibility index (Phi) is 10.8. The van der Waals surface area contributed by atoms with Crippen LogP contribution in [0.15, 0.2) is 182 Å². The van der Waals surface area contributed by atoms with E-state index in [-0.39, 0.29) is 0 Å². The molecule has 0 spiro atoms. The van der Waals surface area contributed by atoms with Gasteiger partial charge in [-0.25, -0.2) is 0 Å². The van der Waals surface area contributed by atoms with Crippen LogP contribution in [0.5, 0.6) is 11.5 Å². The molecule has 0 saturated carbocycles. The van der Waals surface area contributed by atoms with E-state index in [9.17, 15) is 10.2 Å². The van der Waals surface area contributed by atoms with Gasteiger partial charge in [0.2, 0.25) is 0 Å². The molecule has 4 heteroatoms. The average molecular weight is 837 g/mol. The van der Waals surface area contributed by atoms with Gasteiger partial charge in [-0.15, -0.1) is 0 Å². The number of phenolic OH excluding ortho intramolecular Hbond substituents is 2. The summed E-state index contributed by atoms with van der Waals surface area (Å²) in [6.07, 6.45) is 0. The van der Waals surface area contributed by atoms with E-state index in [1.807, 2.05) is 0 Å². The number of hydrogen-bond acceptors (Lipinski definition) is 4. The van der Waals surface area contributed by atoms with E-state index >= 15 is 0 Å².